The molecule has 2 aliphatic heterocycles. The fourth-order valence-electron chi connectivity index (χ4n) is 5.83. The fraction of sp³-hybridized carbons (Fsp3) is 0.407. The summed E-state index contributed by atoms with van der Waals surface area (Å²) < 4.78 is 12.5. The van der Waals surface area contributed by atoms with Crippen molar-refractivity contribution in [3.63, 3.8) is 0 Å². The molecule has 2 aromatic carbocycles. The lowest BCUT2D eigenvalue weighted by atomic mass is 9.78. The molecular formula is C27H27NO4. The van der Waals surface area contributed by atoms with Crippen LogP contribution in [0.15, 0.2) is 40.8 Å². The van der Waals surface area contributed by atoms with Gasteiger partial charge in [-0.3, -0.25) is 9.59 Å². The third-order valence-electron chi connectivity index (χ3n) is 7.52. The number of fused-ring (bicyclic) bond motifs is 4. The molecule has 0 radical (unpaired) electrons. The first kappa shape index (κ1) is 19.6. The van der Waals surface area contributed by atoms with E-state index in [4.69, 9.17) is 9.15 Å². The quantitative estimate of drug-likeness (QED) is 0.505. The topological polar surface area (TPSA) is 59.8 Å². The van der Waals surface area contributed by atoms with Gasteiger partial charge in [0.15, 0.2) is 11.5 Å². The number of amides is 1. The average molecular weight is 430 g/mol. The zero-order valence-corrected chi connectivity index (χ0v) is 18.4. The molecule has 6 rings (SSSR count). The molecule has 1 amide bonds. The number of furan rings is 1. The van der Waals surface area contributed by atoms with Gasteiger partial charge in [-0.2, -0.15) is 0 Å². The summed E-state index contributed by atoms with van der Waals surface area (Å²) in [4.78, 5) is 28.6. The molecule has 32 heavy (non-hydrogen) atoms. The molecule has 164 valence electrons. The van der Waals surface area contributed by atoms with Crippen molar-refractivity contribution in [2.45, 2.75) is 64.0 Å². The van der Waals surface area contributed by atoms with E-state index in [9.17, 15) is 9.59 Å². The van der Waals surface area contributed by atoms with E-state index in [-0.39, 0.29) is 17.3 Å². The van der Waals surface area contributed by atoms with E-state index >= 15 is 0 Å². The lowest BCUT2D eigenvalue weighted by molar-refractivity contribution is 0.0139. The van der Waals surface area contributed by atoms with Crippen LogP contribution in [0.3, 0.4) is 0 Å². The number of ketones is 1. The number of hydrogen-bond acceptors (Lipinski definition) is 4. The largest absolute Gasteiger partial charge is 0.486 e. The Bertz CT molecular complexity index is 1250. The van der Waals surface area contributed by atoms with Crippen molar-refractivity contribution in [2.24, 2.45) is 0 Å². The van der Waals surface area contributed by atoms with Gasteiger partial charge in [-0.25, -0.2) is 0 Å². The van der Waals surface area contributed by atoms with Crippen LogP contribution in [0.1, 0.15) is 76.1 Å². The minimum absolute atomic E-state index is 0.105. The van der Waals surface area contributed by atoms with Gasteiger partial charge in [-0.15, -0.1) is 0 Å². The second-order valence-electron chi connectivity index (χ2n) is 9.56. The Balaban J connectivity index is 1.37. The Morgan fingerprint density at radius 3 is 2.62 bits per heavy atom. The summed E-state index contributed by atoms with van der Waals surface area (Å²) >= 11 is 0. The molecule has 1 aromatic heterocycles. The Labute approximate surface area is 187 Å². The average Bonchev–Trinajstić information content (AvgIpc) is 3.15. The molecule has 3 heterocycles. The zero-order valence-electron chi connectivity index (χ0n) is 18.4. The summed E-state index contributed by atoms with van der Waals surface area (Å²) in [7, 11) is 0. The first-order valence-electron chi connectivity index (χ1n) is 11.7. The number of carbonyl (C=O) groups excluding carboxylic acids is 2. The Kier molecular flexibility index (Phi) is 4.42. The molecule has 5 nitrogen and oxygen atoms in total. The number of benzene rings is 2. The smallest absolute Gasteiger partial charge is 0.290 e. The van der Waals surface area contributed by atoms with E-state index in [0.29, 0.717) is 42.2 Å². The predicted molar refractivity (Wildman–Crippen MR) is 121 cm³/mol. The number of aryl methyl sites for hydroxylation is 1. The van der Waals surface area contributed by atoms with Crippen molar-refractivity contribution in [1.82, 2.24) is 4.90 Å². The van der Waals surface area contributed by atoms with Crippen LogP contribution >= 0.6 is 0 Å². The van der Waals surface area contributed by atoms with Gasteiger partial charge < -0.3 is 14.1 Å². The van der Waals surface area contributed by atoms with Gasteiger partial charge in [0, 0.05) is 24.0 Å². The van der Waals surface area contributed by atoms with Crippen molar-refractivity contribution in [3.05, 3.63) is 64.4 Å². The van der Waals surface area contributed by atoms with Gasteiger partial charge in [0.1, 0.15) is 16.9 Å². The van der Waals surface area contributed by atoms with Gasteiger partial charge >= 0.3 is 0 Å². The number of hydrogen-bond donors (Lipinski definition) is 0. The first-order chi connectivity index (χ1) is 15.5. The highest BCUT2D eigenvalue weighted by Gasteiger charge is 2.42. The summed E-state index contributed by atoms with van der Waals surface area (Å²) in [5, 5.41) is 0.735. The summed E-state index contributed by atoms with van der Waals surface area (Å²) in [5.74, 6) is 0.965. The van der Waals surface area contributed by atoms with Crippen molar-refractivity contribution in [2.75, 3.05) is 6.54 Å². The normalized spacial score (nSPS) is 19.5. The maximum Gasteiger partial charge on any atom is 0.290 e. The molecule has 1 fully saturated rings. The molecule has 3 aromatic rings. The maximum absolute atomic E-state index is 13.4. The number of nitrogens with zero attached hydrogens (tertiary/aromatic N) is 1. The van der Waals surface area contributed by atoms with E-state index in [0.717, 1.165) is 43.1 Å². The molecule has 0 N–H and O–H groups in total. The molecule has 3 aliphatic rings. The molecule has 1 aliphatic carbocycles. The van der Waals surface area contributed by atoms with Crippen LogP contribution in [0.2, 0.25) is 0 Å². The molecular weight excluding hydrogens is 402 g/mol. The lowest BCUT2D eigenvalue weighted by Crippen LogP contribution is -2.43. The SMILES string of the molecule is Cc1c(C(=O)N2CCc3ccccc3C2)oc2ccc3c(c12)C(=O)CC1(CCCCC1)O3. The number of rotatable bonds is 1. The molecule has 0 atom stereocenters. The van der Waals surface area contributed by atoms with Crippen LogP contribution in [-0.4, -0.2) is 28.7 Å². The predicted octanol–water partition coefficient (Wildman–Crippen LogP) is 5.61. The minimum Gasteiger partial charge on any atom is -0.486 e. The molecule has 0 bridgehead atoms. The lowest BCUT2D eigenvalue weighted by Gasteiger charge is -2.40. The molecule has 1 spiro atoms. The molecule has 0 saturated heterocycles. The Morgan fingerprint density at radius 1 is 1.03 bits per heavy atom. The van der Waals surface area contributed by atoms with Crippen LogP contribution in [0, 0.1) is 6.92 Å². The van der Waals surface area contributed by atoms with Gasteiger partial charge in [0.2, 0.25) is 0 Å². The molecule has 5 heteroatoms. The highest BCUT2D eigenvalue weighted by Crippen LogP contribution is 2.45. The standard InChI is InChI=1S/C27H27NO4/c1-17-23-21(9-10-22-24(23)20(29)15-27(32-22)12-5-2-6-13-27)31-25(17)26(30)28-14-11-18-7-3-4-8-19(18)16-28/h3-4,7-10H,2,5-6,11-16H2,1H3. The van der Waals surface area contributed by atoms with Crippen LogP contribution in [0.4, 0.5) is 0 Å². The van der Waals surface area contributed by atoms with Crippen LogP contribution < -0.4 is 4.74 Å². The fourth-order valence-corrected chi connectivity index (χ4v) is 5.83. The number of Topliss-reactive ketones (excluding diaryl/α,β-unsaturated/α-hetero) is 1. The Morgan fingerprint density at radius 2 is 1.81 bits per heavy atom. The highest BCUT2D eigenvalue weighted by molar-refractivity contribution is 6.13. The van der Waals surface area contributed by atoms with E-state index in [2.05, 4.69) is 12.1 Å². The third-order valence-corrected chi connectivity index (χ3v) is 7.52. The van der Waals surface area contributed by atoms with Gasteiger partial charge in [0.05, 0.1) is 12.0 Å². The maximum atomic E-state index is 13.4. The van der Waals surface area contributed by atoms with Crippen LogP contribution in [0.25, 0.3) is 11.0 Å². The number of ether oxygens (including phenoxy) is 1. The van der Waals surface area contributed by atoms with Crippen molar-refractivity contribution >= 4 is 22.7 Å². The molecule has 1 saturated carbocycles. The summed E-state index contributed by atoms with van der Waals surface area (Å²) in [6, 6.07) is 11.9. The van der Waals surface area contributed by atoms with E-state index in [1.165, 1.54) is 17.5 Å². The van der Waals surface area contributed by atoms with Gasteiger partial charge in [0.25, 0.3) is 5.91 Å². The van der Waals surface area contributed by atoms with Crippen LogP contribution in [0.5, 0.6) is 5.75 Å². The second-order valence-corrected chi connectivity index (χ2v) is 9.56. The zero-order chi connectivity index (χ0) is 21.9. The van der Waals surface area contributed by atoms with E-state index < -0.39 is 0 Å². The first-order valence-corrected chi connectivity index (χ1v) is 11.7. The minimum atomic E-state index is -0.354. The summed E-state index contributed by atoms with van der Waals surface area (Å²) in [6.07, 6.45) is 6.53. The Hall–Kier alpha value is -3.08. The monoisotopic (exact) mass is 429 g/mol. The molecule has 0 unspecified atom stereocenters. The number of carbonyl (C=O) groups is 2. The van der Waals surface area contributed by atoms with E-state index in [1.807, 2.05) is 36.1 Å². The van der Waals surface area contributed by atoms with Gasteiger partial charge in [-0.05, 0) is 62.3 Å². The second kappa shape index (κ2) is 7.22. The summed E-state index contributed by atoms with van der Waals surface area (Å²) in [5.41, 5.74) is 4.03. The van der Waals surface area contributed by atoms with Crippen molar-refractivity contribution < 1.29 is 18.7 Å². The van der Waals surface area contributed by atoms with Crippen molar-refractivity contribution in [1.29, 1.82) is 0 Å². The van der Waals surface area contributed by atoms with Gasteiger partial charge in [-0.1, -0.05) is 30.7 Å². The highest BCUT2D eigenvalue weighted by atomic mass is 16.5. The van der Waals surface area contributed by atoms with Crippen LogP contribution in [-0.2, 0) is 13.0 Å². The third kappa shape index (κ3) is 2.98. The van der Waals surface area contributed by atoms with E-state index in [1.54, 1.807) is 0 Å². The summed E-state index contributed by atoms with van der Waals surface area (Å²) in [6.45, 7) is 3.12. The van der Waals surface area contributed by atoms with Crippen molar-refractivity contribution in [3.8, 4) is 5.75 Å².